The van der Waals surface area contributed by atoms with Gasteiger partial charge in [0.25, 0.3) is 10.2 Å². The lowest BCUT2D eigenvalue weighted by Crippen LogP contribution is -2.11. The highest BCUT2D eigenvalue weighted by atomic mass is 32.5. The van der Waals surface area contributed by atoms with Crippen LogP contribution in [-0.4, -0.2) is 11.9 Å². The minimum absolute atomic E-state index is 0.132. The van der Waals surface area contributed by atoms with Crippen LogP contribution in [0.1, 0.15) is 32.1 Å². The largest absolute Gasteiger partial charge is 0.389 e. The molecule has 0 saturated carbocycles. The molecule has 9 heteroatoms. The molecule has 102 valence electrons. The first-order valence-corrected chi connectivity index (χ1v) is 6.60. The second kappa shape index (κ2) is 3.92. The minimum Gasteiger partial charge on any atom is -0.171 e. The smallest absolute Gasteiger partial charge is 0.171 e. The van der Waals surface area contributed by atoms with Crippen molar-refractivity contribution in [1.82, 2.24) is 0 Å². The van der Waals surface area contributed by atoms with Gasteiger partial charge in [0.05, 0.1) is 5.75 Å². The van der Waals surface area contributed by atoms with Gasteiger partial charge >= 0.3 is 6.18 Å². The van der Waals surface area contributed by atoms with Crippen molar-refractivity contribution in [3.8, 4) is 0 Å². The van der Waals surface area contributed by atoms with Gasteiger partial charge in [0, 0.05) is 6.42 Å². The summed E-state index contributed by atoms with van der Waals surface area (Å²) >= 11 is 0. The van der Waals surface area contributed by atoms with Gasteiger partial charge < -0.3 is 0 Å². The van der Waals surface area contributed by atoms with Crippen LogP contribution in [0.2, 0.25) is 0 Å². The lowest BCUT2D eigenvalue weighted by atomic mass is 10.1. The number of hydrogen-bond acceptors (Lipinski definition) is 0. The van der Waals surface area contributed by atoms with E-state index in [4.69, 9.17) is 0 Å². The van der Waals surface area contributed by atoms with Gasteiger partial charge in [0.15, 0.2) is 0 Å². The molecule has 0 nitrogen and oxygen atoms in total. The van der Waals surface area contributed by atoms with Crippen LogP contribution >= 0.6 is 10.2 Å². The van der Waals surface area contributed by atoms with Gasteiger partial charge in [-0.3, -0.25) is 0 Å². The predicted octanol–water partition coefficient (Wildman–Crippen LogP) is 5.80. The highest BCUT2D eigenvalue weighted by Crippen LogP contribution is 2.97. The average molecular weight is 280 g/mol. The summed E-state index contributed by atoms with van der Waals surface area (Å²) in [4.78, 5) is 0. The number of unbranched alkanes of at least 4 members (excludes halogenated alkanes) is 3. The molecule has 0 radical (unpaired) electrons. The summed E-state index contributed by atoms with van der Waals surface area (Å²) in [6.45, 7) is 0. The zero-order valence-electron chi connectivity index (χ0n) is 8.17. The fraction of sp³-hybridized carbons (Fsp3) is 1.00. The van der Waals surface area contributed by atoms with Crippen LogP contribution in [0, 0.1) is 0 Å². The number of halogens is 8. The standard InChI is InChI=1S/C7H12F8S/c8-7(9,10)5-3-1-2-4-6-16(11,12,13,14)15/h1-6H2. The molecule has 0 aliphatic rings. The summed E-state index contributed by atoms with van der Waals surface area (Å²) in [5.41, 5.74) is 0. The Morgan fingerprint density at radius 2 is 1.12 bits per heavy atom. The molecule has 0 atom stereocenters. The average Bonchev–Trinajstić information content (AvgIpc) is 1.89. The quantitative estimate of drug-likeness (QED) is 0.426. The van der Waals surface area contributed by atoms with Crippen LogP contribution < -0.4 is 0 Å². The Morgan fingerprint density at radius 1 is 0.688 bits per heavy atom. The van der Waals surface area contributed by atoms with E-state index in [9.17, 15) is 32.6 Å². The van der Waals surface area contributed by atoms with E-state index in [1.165, 1.54) is 0 Å². The van der Waals surface area contributed by atoms with Crippen molar-refractivity contribution in [3.05, 3.63) is 0 Å². The number of alkyl halides is 3. The van der Waals surface area contributed by atoms with Gasteiger partial charge in [-0.1, -0.05) is 32.3 Å². The van der Waals surface area contributed by atoms with Gasteiger partial charge in [0.2, 0.25) is 0 Å². The molecule has 0 aliphatic carbocycles. The molecule has 0 rings (SSSR count). The van der Waals surface area contributed by atoms with Crippen LogP contribution in [0.4, 0.5) is 32.6 Å². The molecule has 0 bridgehead atoms. The Kier molecular flexibility index (Phi) is 3.87. The highest BCUT2D eigenvalue weighted by Gasteiger charge is 2.62. The summed E-state index contributed by atoms with van der Waals surface area (Å²) in [7, 11) is -9.36. The Labute approximate surface area is 87.7 Å². The van der Waals surface area contributed by atoms with E-state index in [0.717, 1.165) is 0 Å². The van der Waals surface area contributed by atoms with Crippen molar-refractivity contribution in [2.24, 2.45) is 0 Å². The van der Waals surface area contributed by atoms with Crippen molar-refractivity contribution in [2.45, 2.75) is 38.3 Å². The van der Waals surface area contributed by atoms with Crippen LogP contribution in [0.5, 0.6) is 0 Å². The van der Waals surface area contributed by atoms with Crippen molar-refractivity contribution in [1.29, 1.82) is 0 Å². The van der Waals surface area contributed by atoms with Crippen molar-refractivity contribution < 1.29 is 32.6 Å². The Morgan fingerprint density at radius 3 is 1.50 bits per heavy atom. The highest BCUT2D eigenvalue weighted by molar-refractivity contribution is 8.45. The summed E-state index contributed by atoms with van der Waals surface area (Å²) in [5.74, 6) is -2.19. The third-order valence-corrected chi connectivity index (χ3v) is 2.80. The maximum atomic E-state index is 11.7. The summed E-state index contributed by atoms with van der Waals surface area (Å²) in [6.07, 6.45) is -7.00. The van der Waals surface area contributed by atoms with E-state index in [1.54, 1.807) is 0 Å². The first-order chi connectivity index (χ1) is 6.68. The molecule has 0 fully saturated rings. The molecule has 0 N–H and O–H groups in total. The molecule has 0 aliphatic heterocycles. The summed E-state index contributed by atoms with van der Waals surface area (Å²) in [5, 5.41) is 0. The van der Waals surface area contributed by atoms with E-state index in [2.05, 4.69) is 0 Å². The molecule has 0 spiro atoms. The lowest BCUT2D eigenvalue weighted by Gasteiger charge is -2.40. The lowest BCUT2D eigenvalue weighted by molar-refractivity contribution is -0.135. The third kappa shape index (κ3) is 13.8. The van der Waals surface area contributed by atoms with Gasteiger partial charge in [-0.2, -0.15) is 13.2 Å². The second-order valence-electron chi connectivity index (χ2n) is 3.61. The van der Waals surface area contributed by atoms with Crippen molar-refractivity contribution in [3.63, 3.8) is 0 Å². The van der Waals surface area contributed by atoms with E-state index in [1.807, 2.05) is 0 Å². The third-order valence-electron chi connectivity index (χ3n) is 1.74. The molecule has 0 saturated heterocycles. The van der Waals surface area contributed by atoms with Gasteiger partial charge in [-0.05, 0) is 12.8 Å². The minimum atomic E-state index is -9.36. The monoisotopic (exact) mass is 280 g/mol. The fourth-order valence-electron chi connectivity index (χ4n) is 1.05. The van der Waals surface area contributed by atoms with E-state index in [0.29, 0.717) is 0 Å². The fourth-order valence-corrected chi connectivity index (χ4v) is 1.80. The number of rotatable bonds is 6. The molecule has 0 amide bonds. The van der Waals surface area contributed by atoms with Gasteiger partial charge in [-0.15, -0.1) is 0 Å². The first-order valence-electron chi connectivity index (χ1n) is 4.48. The van der Waals surface area contributed by atoms with Crippen LogP contribution in [-0.2, 0) is 0 Å². The van der Waals surface area contributed by atoms with Crippen LogP contribution in [0.15, 0.2) is 0 Å². The van der Waals surface area contributed by atoms with E-state index < -0.39 is 35.0 Å². The zero-order valence-corrected chi connectivity index (χ0v) is 8.99. The molecular weight excluding hydrogens is 268 g/mol. The Hall–Kier alpha value is -0.210. The normalized spacial score (nSPS) is 18.0. The summed E-state index contributed by atoms with van der Waals surface area (Å²) < 4.78 is 93.4. The summed E-state index contributed by atoms with van der Waals surface area (Å²) in [6, 6.07) is 0. The van der Waals surface area contributed by atoms with Crippen LogP contribution in [0.25, 0.3) is 0 Å². The molecule has 0 aromatic heterocycles. The topological polar surface area (TPSA) is 0 Å². The van der Waals surface area contributed by atoms with Gasteiger partial charge in [0.1, 0.15) is 0 Å². The van der Waals surface area contributed by atoms with Gasteiger partial charge in [-0.25, -0.2) is 0 Å². The second-order valence-corrected chi connectivity index (χ2v) is 6.28. The molecule has 16 heavy (non-hydrogen) atoms. The zero-order chi connectivity index (χ0) is 13.2. The molecule has 0 aromatic rings. The van der Waals surface area contributed by atoms with E-state index in [-0.39, 0.29) is 19.3 Å². The number of hydrogen-bond donors (Lipinski definition) is 0. The maximum Gasteiger partial charge on any atom is 0.389 e. The van der Waals surface area contributed by atoms with Crippen molar-refractivity contribution in [2.75, 3.05) is 5.75 Å². The van der Waals surface area contributed by atoms with Crippen LogP contribution in [0.3, 0.4) is 0 Å². The van der Waals surface area contributed by atoms with E-state index >= 15 is 0 Å². The predicted molar refractivity (Wildman–Crippen MR) is 47.1 cm³/mol. The SMILES string of the molecule is FC(F)(F)CCCCCCS(F)(F)(F)(F)F. The Balaban J connectivity index is 3.65. The maximum absolute atomic E-state index is 11.7. The molecule has 0 unspecified atom stereocenters. The molecular formula is C7H12F8S. The molecule has 0 heterocycles. The Bertz CT molecular complexity index is 223. The first kappa shape index (κ1) is 15.8. The van der Waals surface area contributed by atoms with Crippen molar-refractivity contribution >= 4 is 10.2 Å². The molecule has 0 aromatic carbocycles.